The summed E-state index contributed by atoms with van der Waals surface area (Å²) < 4.78 is 0. The van der Waals surface area contributed by atoms with E-state index in [-0.39, 0.29) is 30.2 Å². The standard InChI is InChI=1S/C25H34N4O3S/c1-17-9-11-20(12-10-17)28(2)24(32)18-7-6-8-19(15-18)26-22(30)16-21-23(31)27-25(33-21)29-13-4-3-5-14-29/h6-8,15,17,20-21H,3-5,9-14,16H2,1-2H3,(H,26,30). The first kappa shape index (κ1) is 23.8. The molecule has 8 heteroatoms. The highest BCUT2D eigenvalue weighted by atomic mass is 32.2. The summed E-state index contributed by atoms with van der Waals surface area (Å²) in [5.74, 6) is 0.236. The van der Waals surface area contributed by atoms with Crippen LogP contribution in [0.4, 0.5) is 5.69 Å². The third-order valence-electron chi connectivity index (χ3n) is 6.97. The molecule has 4 rings (SSSR count). The van der Waals surface area contributed by atoms with Gasteiger partial charge in [-0.2, -0.15) is 4.99 Å². The van der Waals surface area contributed by atoms with Gasteiger partial charge in [-0.05, 0) is 69.1 Å². The van der Waals surface area contributed by atoms with E-state index in [9.17, 15) is 14.4 Å². The molecule has 3 aliphatic rings. The van der Waals surface area contributed by atoms with Crippen LogP contribution in [0.1, 0.15) is 68.6 Å². The number of aliphatic imine (C=N–C) groups is 1. The number of carbonyl (C=O) groups is 3. The fraction of sp³-hybridized carbons (Fsp3) is 0.600. The first-order valence-electron chi connectivity index (χ1n) is 12.1. The highest BCUT2D eigenvalue weighted by molar-refractivity contribution is 8.15. The molecule has 1 saturated heterocycles. The van der Waals surface area contributed by atoms with E-state index in [1.165, 1.54) is 18.2 Å². The molecular formula is C25H34N4O3S. The first-order chi connectivity index (χ1) is 15.9. The Balaban J connectivity index is 1.31. The predicted octanol–water partition coefficient (Wildman–Crippen LogP) is 4.15. The zero-order valence-corrected chi connectivity index (χ0v) is 20.4. The van der Waals surface area contributed by atoms with E-state index in [1.54, 1.807) is 24.3 Å². The summed E-state index contributed by atoms with van der Waals surface area (Å²) in [6.45, 7) is 4.11. The van der Waals surface area contributed by atoms with Gasteiger partial charge in [0.25, 0.3) is 11.8 Å². The molecule has 1 unspecified atom stereocenters. The van der Waals surface area contributed by atoms with E-state index >= 15 is 0 Å². The van der Waals surface area contributed by atoms with Gasteiger partial charge in [0, 0.05) is 43.9 Å². The second-order valence-corrected chi connectivity index (χ2v) is 10.7. The molecule has 33 heavy (non-hydrogen) atoms. The molecule has 2 heterocycles. The van der Waals surface area contributed by atoms with Crippen LogP contribution in [0.2, 0.25) is 0 Å². The van der Waals surface area contributed by atoms with Crippen LogP contribution in [0.25, 0.3) is 0 Å². The Kier molecular flexibility index (Phi) is 7.73. The van der Waals surface area contributed by atoms with E-state index in [0.717, 1.165) is 62.7 Å². The van der Waals surface area contributed by atoms with Gasteiger partial charge in [0.15, 0.2) is 5.17 Å². The molecule has 1 saturated carbocycles. The molecule has 0 aromatic heterocycles. The number of piperidine rings is 1. The van der Waals surface area contributed by atoms with Crippen LogP contribution in [-0.2, 0) is 9.59 Å². The molecule has 1 aliphatic carbocycles. The molecule has 178 valence electrons. The van der Waals surface area contributed by atoms with Crippen molar-refractivity contribution in [3.8, 4) is 0 Å². The molecule has 0 bridgehead atoms. The van der Waals surface area contributed by atoms with Crippen LogP contribution in [0, 0.1) is 5.92 Å². The average molecular weight is 471 g/mol. The van der Waals surface area contributed by atoms with Gasteiger partial charge in [-0.15, -0.1) is 0 Å². The summed E-state index contributed by atoms with van der Waals surface area (Å²) in [4.78, 5) is 46.2. The van der Waals surface area contributed by atoms with Crippen molar-refractivity contribution in [2.24, 2.45) is 10.9 Å². The fourth-order valence-corrected chi connectivity index (χ4v) is 5.96. The maximum atomic E-state index is 13.0. The van der Waals surface area contributed by atoms with E-state index in [2.05, 4.69) is 22.1 Å². The average Bonchev–Trinajstić information content (AvgIpc) is 3.19. The number of hydrogen-bond acceptors (Lipinski definition) is 5. The van der Waals surface area contributed by atoms with Crippen LogP contribution in [-0.4, -0.2) is 64.1 Å². The normalized spacial score (nSPS) is 25.5. The number of rotatable bonds is 5. The van der Waals surface area contributed by atoms with Gasteiger partial charge < -0.3 is 15.1 Å². The first-order valence-corrected chi connectivity index (χ1v) is 13.0. The van der Waals surface area contributed by atoms with Gasteiger partial charge in [0.1, 0.15) is 5.25 Å². The van der Waals surface area contributed by atoms with Crippen LogP contribution in [0.5, 0.6) is 0 Å². The Hall–Kier alpha value is -2.35. The molecule has 7 nitrogen and oxygen atoms in total. The maximum absolute atomic E-state index is 13.0. The Morgan fingerprint density at radius 3 is 2.61 bits per heavy atom. The summed E-state index contributed by atoms with van der Waals surface area (Å²) in [6.07, 6.45) is 7.89. The summed E-state index contributed by atoms with van der Waals surface area (Å²) in [5.41, 5.74) is 1.14. The van der Waals surface area contributed by atoms with Gasteiger partial charge in [-0.25, -0.2) is 0 Å². The third-order valence-corrected chi connectivity index (χ3v) is 8.19. The molecule has 2 fully saturated rings. The number of benzene rings is 1. The zero-order valence-electron chi connectivity index (χ0n) is 19.6. The third kappa shape index (κ3) is 5.96. The monoisotopic (exact) mass is 470 g/mol. The van der Waals surface area contributed by atoms with E-state index in [0.29, 0.717) is 11.3 Å². The summed E-state index contributed by atoms with van der Waals surface area (Å²) in [7, 11) is 1.87. The molecule has 0 spiro atoms. The topological polar surface area (TPSA) is 82.1 Å². The number of nitrogens with one attached hydrogen (secondary N) is 1. The van der Waals surface area contributed by atoms with Gasteiger partial charge in [-0.1, -0.05) is 24.8 Å². The smallest absolute Gasteiger partial charge is 0.262 e. The number of amidine groups is 1. The lowest BCUT2D eigenvalue weighted by molar-refractivity contribution is -0.121. The van der Waals surface area contributed by atoms with Gasteiger partial charge in [-0.3, -0.25) is 14.4 Å². The minimum absolute atomic E-state index is 0.0215. The van der Waals surface area contributed by atoms with Crippen LogP contribution in [0.3, 0.4) is 0 Å². The van der Waals surface area contributed by atoms with E-state index < -0.39 is 5.25 Å². The number of carbonyl (C=O) groups excluding carboxylic acids is 3. The molecule has 3 amide bonds. The van der Waals surface area contributed by atoms with Crippen molar-refractivity contribution in [2.75, 3.05) is 25.5 Å². The summed E-state index contributed by atoms with van der Waals surface area (Å²) >= 11 is 1.40. The van der Waals surface area contributed by atoms with Crippen LogP contribution in [0.15, 0.2) is 29.3 Å². The highest BCUT2D eigenvalue weighted by Gasteiger charge is 2.33. The van der Waals surface area contributed by atoms with E-state index in [1.807, 2.05) is 11.9 Å². The molecule has 1 atom stereocenters. The van der Waals surface area contributed by atoms with Gasteiger partial charge >= 0.3 is 0 Å². The number of hydrogen-bond donors (Lipinski definition) is 1. The lowest BCUT2D eigenvalue weighted by Crippen LogP contribution is -2.39. The Labute approximate surface area is 200 Å². The Morgan fingerprint density at radius 1 is 1.15 bits per heavy atom. The van der Waals surface area contributed by atoms with Crippen molar-refractivity contribution in [2.45, 2.75) is 69.6 Å². The maximum Gasteiger partial charge on any atom is 0.262 e. The second kappa shape index (κ2) is 10.7. The number of anilines is 1. The zero-order chi connectivity index (χ0) is 23.4. The van der Waals surface area contributed by atoms with Crippen molar-refractivity contribution in [1.82, 2.24) is 9.80 Å². The van der Waals surface area contributed by atoms with Crippen molar-refractivity contribution < 1.29 is 14.4 Å². The van der Waals surface area contributed by atoms with Gasteiger partial charge in [0.2, 0.25) is 5.91 Å². The second-order valence-electron chi connectivity index (χ2n) is 9.55. The van der Waals surface area contributed by atoms with Crippen molar-refractivity contribution in [3.63, 3.8) is 0 Å². The van der Waals surface area contributed by atoms with E-state index in [4.69, 9.17) is 0 Å². The van der Waals surface area contributed by atoms with Crippen LogP contribution < -0.4 is 5.32 Å². The lowest BCUT2D eigenvalue weighted by atomic mass is 9.86. The largest absolute Gasteiger partial charge is 0.351 e. The Bertz CT molecular complexity index is 920. The predicted molar refractivity (Wildman–Crippen MR) is 132 cm³/mol. The minimum Gasteiger partial charge on any atom is -0.351 e. The van der Waals surface area contributed by atoms with Crippen molar-refractivity contribution >= 4 is 40.3 Å². The number of amides is 3. The van der Waals surface area contributed by atoms with Crippen molar-refractivity contribution in [3.05, 3.63) is 29.8 Å². The lowest BCUT2D eigenvalue weighted by Gasteiger charge is -2.33. The summed E-state index contributed by atoms with van der Waals surface area (Å²) in [5, 5.41) is 3.14. The van der Waals surface area contributed by atoms with Crippen LogP contribution >= 0.6 is 11.8 Å². The number of thioether (sulfide) groups is 1. The van der Waals surface area contributed by atoms with Gasteiger partial charge in [0.05, 0.1) is 0 Å². The van der Waals surface area contributed by atoms with Crippen molar-refractivity contribution in [1.29, 1.82) is 0 Å². The minimum atomic E-state index is -0.480. The fourth-order valence-electron chi connectivity index (χ4n) is 4.84. The molecule has 1 aromatic carbocycles. The molecule has 1 N–H and O–H groups in total. The quantitative estimate of drug-likeness (QED) is 0.699. The summed E-state index contributed by atoms with van der Waals surface area (Å²) in [6, 6.07) is 7.34. The number of likely N-dealkylation sites (tertiary alicyclic amines) is 1. The molecule has 1 aromatic rings. The molecule has 0 radical (unpaired) electrons. The molecule has 2 aliphatic heterocycles. The number of nitrogens with zero attached hydrogens (tertiary/aromatic N) is 3. The molecular weight excluding hydrogens is 436 g/mol. The highest BCUT2D eigenvalue weighted by Crippen LogP contribution is 2.30. The SMILES string of the molecule is CC1CCC(N(C)C(=O)c2cccc(NC(=O)CC3SC(N4CCCCC4)=NC3=O)c2)CC1. The Morgan fingerprint density at radius 2 is 1.88 bits per heavy atom.